The van der Waals surface area contributed by atoms with Gasteiger partial charge in [0.1, 0.15) is 0 Å². The fourth-order valence-corrected chi connectivity index (χ4v) is 3.24. The topological polar surface area (TPSA) is 58.2 Å². The zero-order chi connectivity index (χ0) is 18.8. The van der Waals surface area contributed by atoms with E-state index in [0.717, 1.165) is 17.9 Å². The summed E-state index contributed by atoms with van der Waals surface area (Å²) < 4.78 is 0. The molecule has 1 atom stereocenters. The molecule has 0 saturated carbocycles. The Morgan fingerprint density at radius 2 is 1.73 bits per heavy atom. The summed E-state index contributed by atoms with van der Waals surface area (Å²) in [6.45, 7) is 3.98. The van der Waals surface area contributed by atoms with E-state index in [1.54, 1.807) is 30.0 Å². The maximum absolute atomic E-state index is 12.4. The molecule has 0 radical (unpaired) electrons. The molecule has 0 aliphatic heterocycles. The molecule has 2 aromatic carbocycles. The lowest BCUT2D eigenvalue weighted by molar-refractivity contribution is -0.115. The highest BCUT2D eigenvalue weighted by Crippen LogP contribution is 2.17. The smallest absolute Gasteiger partial charge is 0.253 e. The van der Waals surface area contributed by atoms with Gasteiger partial charge in [-0.2, -0.15) is 11.8 Å². The molecule has 26 heavy (non-hydrogen) atoms. The number of nitrogens with one attached hydrogen (secondary N) is 2. The molecule has 0 heterocycles. The molecule has 2 amide bonds. The number of rotatable bonds is 9. The maximum atomic E-state index is 12.4. The van der Waals surface area contributed by atoms with E-state index in [1.807, 2.05) is 38.1 Å². The van der Waals surface area contributed by atoms with Gasteiger partial charge >= 0.3 is 0 Å². The molecule has 5 heteroatoms. The van der Waals surface area contributed by atoms with Crippen LogP contribution in [-0.4, -0.2) is 23.6 Å². The van der Waals surface area contributed by atoms with Crippen molar-refractivity contribution in [2.75, 3.05) is 11.1 Å². The molecule has 2 rings (SSSR count). The molecule has 138 valence electrons. The predicted molar refractivity (Wildman–Crippen MR) is 110 cm³/mol. The highest BCUT2D eigenvalue weighted by atomic mass is 32.2. The number of carbonyl (C=O) groups excluding carboxylic acids is 2. The van der Waals surface area contributed by atoms with Crippen molar-refractivity contribution in [1.29, 1.82) is 0 Å². The van der Waals surface area contributed by atoms with Crippen LogP contribution in [0.15, 0.2) is 54.6 Å². The number of carbonyl (C=O) groups is 2. The summed E-state index contributed by atoms with van der Waals surface area (Å²) in [6, 6.07) is 17.4. The van der Waals surface area contributed by atoms with Gasteiger partial charge in [-0.05, 0) is 31.0 Å². The van der Waals surface area contributed by atoms with E-state index in [-0.39, 0.29) is 17.9 Å². The van der Waals surface area contributed by atoms with Crippen molar-refractivity contribution < 1.29 is 9.59 Å². The van der Waals surface area contributed by atoms with Gasteiger partial charge in [0.05, 0.1) is 11.3 Å². The van der Waals surface area contributed by atoms with Gasteiger partial charge < -0.3 is 10.6 Å². The Morgan fingerprint density at radius 3 is 2.46 bits per heavy atom. The van der Waals surface area contributed by atoms with Crippen LogP contribution in [0.1, 0.15) is 42.6 Å². The minimum Gasteiger partial charge on any atom is -0.350 e. The van der Waals surface area contributed by atoms with Crippen molar-refractivity contribution in [2.45, 2.75) is 38.5 Å². The van der Waals surface area contributed by atoms with E-state index in [1.165, 1.54) is 5.56 Å². The SMILES string of the molecule is CC[C@H](C)NC(=O)c1ccccc1NC(=O)CCSCc1ccccc1. The lowest BCUT2D eigenvalue weighted by Crippen LogP contribution is -2.32. The standard InChI is InChI=1S/C21H26N2O2S/c1-3-16(2)22-21(25)18-11-7-8-12-19(18)23-20(24)13-14-26-15-17-9-5-4-6-10-17/h4-12,16H,3,13-15H2,1-2H3,(H,22,25)(H,23,24)/t16-/m0/s1. The Hall–Kier alpha value is -2.27. The summed E-state index contributed by atoms with van der Waals surface area (Å²) in [7, 11) is 0. The predicted octanol–water partition coefficient (Wildman–Crippen LogP) is 4.48. The first-order valence-corrected chi connectivity index (χ1v) is 10.1. The van der Waals surface area contributed by atoms with Gasteiger partial charge in [-0.3, -0.25) is 9.59 Å². The van der Waals surface area contributed by atoms with E-state index >= 15 is 0 Å². The van der Waals surface area contributed by atoms with Gasteiger partial charge in [-0.1, -0.05) is 49.4 Å². The highest BCUT2D eigenvalue weighted by Gasteiger charge is 2.14. The molecule has 0 spiro atoms. The monoisotopic (exact) mass is 370 g/mol. The molecule has 0 unspecified atom stereocenters. The second-order valence-electron chi connectivity index (χ2n) is 6.16. The normalized spacial score (nSPS) is 11.6. The molecule has 0 saturated heterocycles. The maximum Gasteiger partial charge on any atom is 0.253 e. The third kappa shape index (κ3) is 6.56. The first-order valence-electron chi connectivity index (χ1n) is 8.91. The largest absolute Gasteiger partial charge is 0.350 e. The van der Waals surface area contributed by atoms with Crippen LogP contribution >= 0.6 is 11.8 Å². The van der Waals surface area contributed by atoms with E-state index in [0.29, 0.717) is 17.7 Å². The van der Waals surface area contributed by atoms with Crippen LogP contribution in [0.25, 0.3) is 0 Å². The highest BCUT2D eigenvalue weighted by molar-refractivity contribution is 7.98. The number of anilines is 1. The third-order valence-corrected chi connectivity index (χ3v) is 5.05. The quantitative estimate of drug-likeness (QED) is 0.640. The van der Waals surface area contributed by atoms with Gasteiger partial charge in [0.15, 0.2) is 0 Å². The van der Waals surface area contributed by atoms with Gasteiger partial charge in [0.25, 0.3) is 5.91 Å². The average molecular weight is 371 g/mol. The van der Waals surface area contributed by atoms with Gasteiger partial charge in [-0.25, -0.2) is 0 Å². The molecule has 0 fully saturated rings. The van der Waals surface area contributed by atoms with E-state index in [4.69, 9.17) is 0 Å². The summed E-state index contributed by atoms with van der Waals surface area (Å²) in [6.07, 6.45) is 1.28. The van der Waals surface area contributed by atoms with Crippen molar-refractivity contribution >= 4 is 29.3 Å². The zero-order valence-electron chi connectivity index (χ0n) is 15.3. The van der Waals surface area contributed by atoms with Crippen molar-refractivity contribution in [3.8, 4) is 0 Å². The molecular formula is C21H26N2O2S. The summed E-state index contributed by atoms with van der Waals surface area (Å²) in [4.78, 5) is 24.6. The van der Waals surface area contributed by atoms with E-state index < -0.39 is 0 Å². The van der Waals surface area contributed by atoms with Crippen LogP contribution < -0.4 is 10.6 Å². The summed E-state index contributed by atoms with van der Waals surface area (Å²) in [5.41, 5.74) is 2.31. The van der Waals surface area contributed by atoms with Crippen LogP contribution in [0, 0.1) is 0 Å². The van der Waals surface area contributed by atoms with Crippen molar-refractivity contribution in [1.82, 2.24) is 5.32 Å². The number of para-hydroxylation sites is 1. The Bertz CT molecular complexity index is 719. The third-order valence-electron chi connectivity index (χ3n) is 4.02. The van der Waals surface area contributed by atoms with Crippen molar-refractivity contribution in [3.05, 3.63) is 65.7 Å². The van der Waals surface area contributed by atoms with Crippen LogP contribution in [0.2, 0.25) is 0 Å². The van der Waals surface area contributed by atoms with Crippen molar-refractivity contribution in [2.24, 2.45) is 0 Å². The average Bonchev–Trinajstić information content (AvgIpc) is 2.66. The molecule has 4 nitrogen and oxygen atoms in total. The number of hydrogen-bond acceptors (Lipinski definition) is 3. The summed E-state index contributed by atoms with van der Waals surface area (Å²) >= 11 is 1.73. The van der Waals surface area contributed by atoms with Crippen LogP contribution in [-0.2, 0) is 10.5 Å². The fraction of sp³-hybridized carbons (Fsp3) is 0.333. The van der Waals surface area contributed by atoms with Gasteiger partial charge in [0.2, 0.25) is 5.91 Å². The molecular weight excluding hydrogens is 344 g/mol. The minimum absolute atomic E-state index is 0.0747. The molecule has 2 N–H and O–H groups in total. The van der Waals surface area contributed by atoms with Gasteiger partial charge in [0, 0.05) is 24.0 Å². The first-order chi connectivity index (χ1) is 12.6. The molecule has 0 bridgehead atoms. The summed E-state index contributed by atoms with van der Waals surface area (Å²) in [5, 5.41) is 5.80. The second-order valence-corrected chi connectivity index (χ2v) is 7.27. The molecule has 0 aliphatic carbocycles. The minimum atomic E-state index is -0.159. The molecule has 0 aliphatic rings. The summed E-state index contributed by atoms with van der Waals surface area (Å²) in [5.74, 6) is 1.40. The zero-order valence-corrected chi connectivity index (χ0v) is 16.1. The number of benzene rings is 2. The Morgan fingerprint density at radius 1 is 1.04 bits per heavy atom. The number of hydrogen-bond donors (Lipinski definition) is 2. The van der Waals surface area contributed by atoms with Crippen molar-refractivity contribution in [3.63, 3.8) is 0 Å². The number of thioether (sulfide) groups is 1. The van der Waals surface area contributed by atoms with Crippen LogP contribution in [0.5, 0.6) is 0 Å². The molecule has 2 aromatic rings. The second kappa shape index (κ2) is 10.7. The lowest BCUT2D eigenvalue weighted by Gasteiger charge is -2.14. The van der Waals surface area contributed by atoms with E-state index in [9.17, 15) is 9.59 Å². The van der Waals surface area contributed by atoms with Crippen LogP contribution in [0.3, 0.4) is 0 Å². The lowest BCUT2D eigenvalue weighted by atomic mass is 10.1. The van der Waals surface area contributed by atoms with E-state index in [2.05, 4.69) is 22.8 Å². The Balaban J connectivity index is 1.84. The first kappa shape index (κ1) is 20.0. The number of amides is 2. The molecule has 0 aromatic heterocycles. The fourth-order valence-electron chi connectivity index (χ4n) is 2.34. The Kier molecular flexibility index (Phi) is 8.22. The van der Waals surface area contributed by atoms with Gasteiger partial charge in [-0.15, -0.1) is 0 Å². The van der Waals surface area contributed by atoms with Crippen LogP contribution in [0.4, 0.5) is 5.69 Å². The Labute approximate surface area is 159 Å².